The topological polar surface area (TPSA) is 9.86 Å². The van der Waals surface area contributed by atoms with Gasteiger partial charge in [0.25, 0.3) is 0 Å². The number of benzene rings is 9. The predicted molar refractivity (Wildman–Crippen MR) is 220 cm³/mol. The SMILES string of the molecule is c1ccc(-n2c3ccc4ccccc4c3c3ccc4c(c5ccccc5n4-c4ccc(-c5ccc6c7c(cccc57)-c5ccccc5-6)cc4)c32)cc1. The van der Waals surface area contributed by atoms with Crippen LogP contribution in [0.1, 0.15) is 0 Å². The summed E-state index contributed by atoms with van der Waals surface area (Å²) in [6, 6.07) is 67.1. The number of hydrogen-bond acceptors (Lipinski definition) is 0. The molecule has 2 heteroatoms. The molecule has 11 aromatic rings. The third kappa shape index (κ3) is 3.63. The lowest BCUT2D eigenvalue weighted by Crippen LogP contribution is -1.95. The molecule has 0 amide bonds. The molecule has 12 rings (SSSR count). The van der Waals surface area contributed by atoms with E-state index in [4.69, 9.17) is 0 Å². The summed E-state index contributed by atoms with van der Waals surface area (Å²) in [5.41, 5.74) is 15.0. The van der Waals surface area contributed by atoms with Gasteiger partial charge in [0.15, 0.2) is 0 Å². The van der Waals surface area contributed by atoms with Gasteiger partial charge in [-0.15, -0.1) is 0 Å². The van der Waals surface area contributed by atoms with Gasteiger partial charge in [0.1, 0.15) is 0 Å². The average molecular weight is 659 g/mol. The summed E-state index contributed by atoms with van der Waals surface area (Å²) < 4.78 is 4.93. The Morgan fingerprint density at radius 1 is 0.269 bits per heavy atom. The van der Waals surface area contributed by atoms with E-state index in [2.05, 4.69) is 191 Å². The van der Waals surface area contributed by atoms with E-state index >= 15 is 0 Å². The zero-order valence-electron chi connectivity index (χ0n) is 28.2. The maximum absolute atomic E-state index is 2.48. The first-order chi connectivity index (χ1) is 25.8. The van der Waals surface area contributed by atoms with Gasteiger partial charge in [0.2, 0.25) is 0 Å². The molecule has 0 radical (unpaired) electrons. The number of para-hydroxylation sites is 2. The molecule has 0 aliphatic heterocycles. The van der Waals surface area contributed by atoms with Gasteiger partial charge in [-0.05, 0) is 97.4 Å². The molecule has 0 fully saturated rings. The Kier molecular flexibility index (Phi) is 5.53. The average Bonchev–Trinajstić information content (AvgIpc) is 3.85. The molecule has 0 unspecified atom stereocenters. The second-order valence-corrected chi connectivity index (χ2v) is 14.0. The summed E-state index contributed by atoms with van der Waals surface area (Å²) in [4.78, 5) is 0. The van der Waals surface area contributed by atoms with Crippen molar-refractivity contribution < 1.29 is 0 Å². The highest BCUT2D eigenvalue weighted by molar-refractivity contribution is 6.30. The molecule has 240 valence electrons. The molecule has 0 saturated heterocycles. The van der Waals surface area contributed by atoms with E-state index in [1.807, 2.05) is 0 Å². The molecule has 2 heterocycles. The van der Waals surface area contributed by atoms with Crippen LogP contribution in [0.25, 0.3) is 110 Å². The summed E-state index contributed by atoms with van der Waals surface area (Å²) in [6.07, 6.45) is 0. The molecule has 0 spiro atoms. The van der Waals surface area contributed by atoms with Crippen molar-refractivity contribution in [2.45, 2.75) is 0 Å². The van der Waals surface area contributed by atoms with Crippen LogP contribution in [0.4, 0.5) is 0 Å². The molecule has 52 heavy (non-hydrogen) atoms. The number of fused-ring (bicyclic) bond motifs is 12. The van der Waals surface area contributed by atoms with Gasteiger partial charge in [0.05, 0.1) is 22.1 Å². The van der Waals surface area contributed by atoms with E-state index in [0.29, 0.717) is 0 Å². The second kappa shape index (κ2) is 10.3. The highest BCUT2D eigenvalue weighted by atomic mass is 15.0. The molecule has 0 saturated carbocycles. The van der Waals surface area contributed by atoms with Gasteiger partial charge in [-0.25, -0.2) is 0 Å². The van der Waals surface area contributed by atoms with Crippen LogP contribution >= 0.6 is 0 Å². The first-order valence-corrected chi connectivity index (χ1v) is 18.0. The minimum absolute atomic E-state index is 1.15. The summed E-state index contributed by atoms with van der Waals surface area (Å²) in [7, 11) is 0. The predicted octanol–water partition coefficient (Wildman–Crippen LogP) is 13.5. The minimum atomic E-state index is 1.15. The molecule has 2 aromatic heterocycles. The first-order valence-electron chi connectivity index (χ1n) is 18.0. The highest BCUT2D eigenvalue weighted by Gasteiger charge is 2.24. The largest absolute Gasteiger partial charge is 0.309 e. The molecule has 1 aliphatic rings. The minimum Gasteiger partial charge on any atom is -0.309 e. The Bertz CT molecular complexity index is 3240. The second-order valence-electron chi connectivity index (χ2n) is 14.0. The summed E-state index contributed by atoms with van der Waals surface area (Å²) in [6.45, 7) is 0. The molecule has 0 N–H and O–H groups in total. The van der Waals surface area contributed by atoms with E-state index in [0.717, 1.165) is 5.69 Å². The van der Waals surface area contributed by atoms with Crippen molar-refractivity contribution in [3.63, 3.8) is 0 Å². The monoisotopic (exact) mass is 658 g/mol. The van der Waals surface area contributed by atoms with E-state index in [1.54, 1.807) is 0 Å². The van der Waals surface area contributed by atoms with Crippen molar-refractivity contribution in [2.24, 2.45) is 0 Å². The third-order valence-corrected chi connectivity index (χ3v) is 11.5. The molecule has 0 atom stereocenters. The summed E-state index contributed by atoms with van der Waals surface area (Å²) in [5, 5.41) is 10.3. The molecule has 9 aromatic carbocycles. The normalized spacial score (nSPS) is 12.2. The Labute approximate surface area is 300 Å². The van der Waals surface area contributed by atoms with Gasteiger partial charge >= 0.3 is 0 Å². The number of rotatable bonds is 3. The number of nitrogens with zero attached hydrogens (tertiary/aromatic N) is 2. The van der Waals surface area contributed by atoms with E-state index in [1.165, 1.54) is 104 Å². The van der Waals surface area contributed by atoms with Crippen LogP contribution in [-0.4, -0.2) is 9.13 Å². The maximum Gasteiger partial charge on any atom is 0.0641 e. The smallest absolute Gasteiger partial charge is 0.0641 e. The fraction of sp³-hybridized carbons (Fsp3) is 0. The zero-order valence-corrected chi connectivity index (χ0v) is 28.2. The fourth-order valence-electron chi connectivity index (χ4n) is 9.30. The lowest BCUT2D eigenvalue weighted by Gasteiger charge is -2.12. The van der Waals surface area contributed by atoms with Crippen LogP contribution < -0.4 is 0 Å². The van der Waals surface area contributed by atoms with Gasteiger partial charge < -0.3 is 9.13 Å². The van der Waals surface area contributed by atoms with Crippen molar-refractivity contribution in [3.8, 4) is 44.8 Å². The zero-order chi connectivity index (χ0) is 33.9. The Morgan fingerprint density at radius 3 is 1.73 bits per heavy atom. The van der Waals surface area contributed by atoms with Crippen LogP contribution in [0.5, 0.6) is 0 Å². The van der Waals surface area contributed by atoms with Gasteiger partial charge in [0, 0.05) is 32.9 Å². The summed E-state index contributed by atoms with van der Waals surface area (Å²) >= 11 is 0. The van der Waals surface area contributed by atoms with E-state index in [9.17, 15) is 0 Å². The maximum atomic E-state index is 2.48. The highest BCUT2D eigenvalue weighted by Crippen LogP contribution is 2.49. The van der Waals surface area contributed by atoms with Gasteiger partial charge in [-0.3, -0.25) is 0 Å². The standard InChI is InChI=1S/C50H30N2/c1-2-12-33(13-3-1)52-45-29-23-31-11-4-5-14-36(31)48(45)43-28-30-46-49(50(43)52)42-17-8-9-20-44(42)51(46)34-24-21-32(22-25-34)35-26-27-41-38-16-7-6-15-37(38)40-19-10-18-39(35)47(40)41/h1-30H. The van der Waals surface area contributed by atoms with Crippen LogP contribution in [0.3, 0.4) is 0 Å². The van der Waals surface area contributed by atoms with E-state index in [-0.39, 0.29) is 0 Å². The number of hydrogen-bond donors (Lipinski definition) is 0. The van der Waals surface area contributed by atoms with Crippen LogP contribution in [-0.2, 0) is 0 Å². The van der Waals surface area contributed by atoms with E-state index < -0.39 is 0 Å². The molecule has 1 aliphatic carbocycles. The Hall–Kier alpha value is -6.90. The lowest BCUT2D eigenvalue weighted by molar-refractivity contribution is 1.17. The molecule has 2 nitrogen and oxygen atoms in total. The van der Waals surface area contributed by atoms with Crippen LogP contribution in [0, 0.1) is 0 Å². The van der Waals surface area contributed by atoms with Crippen molar-refractivity contribution in [3.05, 3.63) is 182 Å². The summed E-state index contributed by atoms with van der Waals surface area (Å²) in [5.74, 6) is 0. The van der Waals surface area contributed by atoms with Crippen LogP contribution in [0.15, 0.2) is 182 Å². The third-order valence-electron chi connectivity index (χ3n) is 11.5. The van der Waals surface area contributed by atoms with Crippen molar-refractivity contribution in [2.75, 3.05) is 0 Å². The molecular formula is C50H30N2. The van der Waals surface area contributed by atoms with Crippen molar-refractivity contribution in [1.29, 1.82) is 0 Å². The molecule has 0 bridgehead atoms. The van der Waals surface area contributed by atoms with Crippen LogP contribution in [0.2, 0.25) is 0 Å². The van der Waals surface area contributed by atoms with Crippen molar-refractivity contribution in [1.82, 2.24) is 9.13 Å². The lowest BCUT2D eigenvalue weighted by atomic mass is 9.94. The first kappa shape index (κ1) is 27.9. The Balaban J connectivity index is 1.11. The Morgan fingerprint density at radius 2 is 0.885 bits per heavy atom. The van der Waals surface area contributed by atoms with Gasteiger partial charge in [-0.1, -0.05) is 140 Å². The number of aromatic nitrogens is 2. The molecular weight excluding hydrogens is 629 g/mol. The fourth-order valence-corrected chi connectivity index (χ4v) is 9.30. The quantitative estimate of drug-likeness (QED) is 0.179. The van der Waals surface area contributed by atoms with Gasteiger partial charge in [-0.2, -0.15) is 0 Å². The van der Waals surface area contributed by atoms with Crippen molar-refractivity contribution >= 4 is 65.2 Å².